The average Bonchev–Trinajstić information content (AvgIpc) is 2.68. The summed E-state index contributed by atoms with van der Waals surface area (Å²) in [6.45, 7) is -0.710. The Morgan fingerprint density at radius 1 is 0.889 bits per heavy atom. The van der Waals surface area contributed by atoms with E-state index < -0.39 is 34.7 Å². The van der Waals surface area contributed by atoms with Crippen LogP contribution in [0.4, 0.5) is 4.79 Å². The van der Waals surface area contributed by atoms with Gasteiger partial charge in [-0.3, -0.25) is 4.79 Å². The second-order valence-corrected chi connectivity index (χ2v) is 7.98. The summed E-state index contributed by atoms with van der Waals surface area (Å²) < 4.78 is 26.7. The fourth-order valence-corrected chi connectivity index (χ4v) is 4.58. The maximum Gasteiger partial charge on any atom is 0.407 e. The zero-order chi connectivity index (χ0) is 19.6. The lowest BCUT2D eigenvalue weighted by Gasteiger charge is -2.37. The monoisotopic (exact) mass is 390 g/mol. The van der Waals surface area contributed by atoms with Crippen LogP contribution in [-0.4, -0.2) is 65.6 Å². The molecule has 1 atom stereocenters. The van der Waals surface area contributed by atoms with Crippen LogP contribution in [0.3, 0.4) is 0 Å². The molecule has 0 bridgehead atoms. The smallest absolute Gasteiger partial charge is 0.407 e. The number of hydrogen-bond acceptors (Lipinski definition) is 4. The summed E-state index contributed by atoms with van der Waals surface area (Å²) in [5.74, 6) is -1.38. The van der Waals surface area contributed by atoms with Crippen LogP contribution in [0.25, 0.3) is 11.1 Å². The largest absolute Gasteiger partial charge is 0.480 e. The molecule has 1 aliphatic rings. The number of nitrogens with zero attached hydrogens (tertiary/aromatic N) is 2. The Hall–Kier alpha value is -2.91. The lowest BCUT2D eigenvalue weighted by atomic mass is 10.1. The molecule has 27 heavy (non-hydrogen) atoms. The molecule has 2 N–H and O–H groups in total. The van der Waals surface area contributed by atoms with E-state index in [0.29, 0.717) is 0 Å². The first-order chi connectivity index (χ1) is 12.8. The Morgan fingerprint density at radius 2 is 1.48 bits per heavy atom. The molecule has 2 aromatic rings. The maximum absolute atomic E-state index is 12.9. The molecular weight excluding hydrogens is 372 g/mol. The van der Waals surface area contributed by atoms with Crippen molar-refractivity contribution in [1.29, 1.82) is 0 Å². The first-order valence-corrected chi connectivity index (χ1v) is 9.63. The fraction of sp³-hybridized carbons (Fsp3) is 0.222. The molecule has 9 heteroatoms. The van der Waals surface area contributed by atoms with Gasteiger partial charge in [0.1, 0.15) is 6.04 Å². The van der Waals surface area contributed by atoms with E-state index in [0.717, 1.165) is 20.3 Å². The highest BCUT2D eigenvalue weighted by molar-refractivity contribution is 7.89. The molecule has 1 fully saturated rings. The highest BCUT2D eigenvalue weighted by Crippen LogP contribution is 2.25. The average molecular weight is 390 g/mol. The van der Waals surface area contributed by atoms with Crippen molar-refractivity contribution in [2.24, 2.45) is 0 Å². The van der Waals surface area contributed by atoms with Crippen molar-refractivity contribution in [2.45, 2.75) is 10.9 Å². The molecule has 1 heterocycles. The van der Waals surface area contributed by atoms with Gasteiger partial charge in [-0.25, -0.2) is 13.2 Å². The zero-order valence-electron chi connectivity index (χ0n) is 14.2. The predicted octanol–water partition coefficient (Wildman–Crippen LogP) is 1.79. The second-order valence-electron chi connectivity index (χ2n) is 6.09. The summed E-state index contributed by atoms with van der Waals surface area (Å²) in [6, 6.07) is 14.1. The number of sulfonamides is 1. The molecular formula is C18H18N2O6S. The molecule has 0 saturated carbocycles. The predicted molar refractivity (Wildman–Crippen MR) is 96.8 cm³/mol. The van der Waals surface area contributed by atoms with Gasteiger partial charge >= 0.3 is 12.1 Å². The van der Waals surface area contributed by atoms with E-state index in [1.54, 1.807) is 12.1 Å². The van der Waals surface area contributed by atoms with Crippen molar-refractivity contribution in [3.05, 3.63) is 54.6 Å². The van der Waals surface area contributed by atoms with Crippen molar-refractivity contribution in [3.8, 4) is 11.1 Å². The molecule has 0 aliphatic carbocycles. The van der Waals surface area contributed by atoms with E-state index in [-0.39, 0.29) is 18.0 Å². The topological polar surface area (TPSA) is 115 Å². The molecule has 0 aromatic heterocycles. The third-order valence-corrected chi connectivity index (χ3v) is 6.38. The fourth-order valence-electron chi connectivity index (χ4n) is 3.01. The zero-order valence-corrected chi connectivity index (χ0v) is 15.0. The minimum Gasteiger partial charge on any atom is -0.480 e. The first-order valence-electron chi connectivity index (χ1n) is 8.18. The van der Waals surface area contributed by atoms with Gasteiger partial charge in [-0.05, 0) is 23.3 Å². The van der Waals surface area contributed by atoms with Gasteiger partial charge in [0, 0.05) is 13.1 Å². The summed E-state index contributed by atoms with van der Waals surface area (Å²) in [5, 5.41) is 18.4. The summed E-state index contributed by atoms with van der Waals surface area (Å²) in [7, 11) is -4.07. The van der Waals surface area contributed by atoms with Crippen LogP contribution in [0.2, 0.25) is 0 Å². The summed E-state index contributed by atoms with van der Waals surface area (Å²) in [5.41, 5.74) is 1.76. The van der Waals surface area contributed by atoms with Crippen LogP contribution in [0.15, 0.2) is 59.5 Å². The van der Waals surface area contributed by atoms with Gasteiger partial charge in [-0.15, -0.1) is 0 Å². The number of hydrogen-bond donors (Lipinski definition) is 2. The Labute approximate surface area is 156 Å². The van der Waals surface area contributed by atoms with Crippen molar-refractivity contribution in [2.75, 3.05) is 19.6 Å². The quantitative estimate of drug-likeness (QED) is 0.822. The Bertz CT molecular complexity index is 944. The van der Waals surface area contributed by atoms with Crippen LogP contribution in [0, 0.1) is 0 Å². The number of carboxylic acid groups (broad SMARTS) is 2. The number of amides is 1. The highest BCUT2D eigenvalue weighted by Gasteiger charge is 2.41. The van der Waals surface area contributed by atoms with Crippen LogP contribution in [-0.2, 0) is 14.8 Å². The van der Waals surface area contributed by atoms with Crippen LogP contribution < -0.4 is 0 Å². The van der Waals surface area contributed by atoms with Gasteiger partial charge in [-0.2, -0.15) is 4.31 Å². The number of benzene rings is 2. The maximum atomic E-state index is 12.9. The lowest BCUT2D eigenvalue weighted by Crippen LogP contribution is -2.59. The molecule has 1 aliphatic heterocycles. The van der Waals surface area contributed by atoms with Gasteiger partial charge in [0.05, 0.1) is 11.4 Å². The summed E-state index contributed by atoms with van der Waals surface area (Å²) in [6.07, 6.45) is -1.27. The van der Waals surface area contributed by atoms with Gasteiger partial charge in [-0.1, -0.05) is 42.5 Å². The van der Waals surface area contributed by atoms with E-state index in [1.807, 2.05) is 30.3 Å². The van der Waals surface area contributed by atoms with E-state index in [1.165, 1.54) is 12.1 Å². The van der Waals surface area contributed by atoms with E-state index in [4.69, 9.17) is 5.11 Å². The SMILES string of the molecule is O=C(O)[C@@H]1CN(C(=O)O)CCN1S(=O)(=O)c1ccc(-c2ccccc2)cc1. The second kappa shape index (κ2) is 7.37. The summed E-state index contributed by atoms with van der Waals surface area (Å²) >= 11 is 0. The molecule has 1 saturated heterocycles. The highest BCUT2D eigenvalue weighted by atomic mass is 32.2. The third-order valence-electron chi connectivity index (χ3n) is 4.45. The van der Waals surface area contributed by atoms with Crippen LogP contribution in [0.5, 0.6) is 0 Å². The number of aliphatic carboxylic acids is 1. The van der Waals surface area contributed by atoms with Gasteiger partial charge in [0.2, 0.25) is 10.0 Å². The third kappa shape index (κ3) is 3.79. The van der Waals surface area contributed by atoms with E-state index in [2.05, 4.69) is 0 Å². The Morgan fingerprint density at radius 3 is 2.04 bits per heavy atom. The van der Waals surface area contributed by atoms with E-state index in [9.17, 15) is 23.1 Å². The molecule has 8 nitrogen and oxygen atoms in total. The molecule has 0 unspecified atom stereocenters. The van der Waals surface area contributed by atoms with Crippen molar-refractivity contribution in [1.82, 2.24) is 9.21 Å². The molecule has 3 rings (SSSR count). The lowest BCUT2D eigenvalue weighted by molar-refractivity contribution is -0.142. The van der Waals surface area contributed by atoms with Crippen molar-refractivity contribution in [3.63, 3.8) is 0 Å². The van der Waals surface area contributed by atoms with Gasteiger partial charge in [0.15, 0.2) is 0 Å². The minimum atomic E-state index is -4.07. The number of carboxylic acids is 1. The Balaban J connectivity index is 1.89. The van der Waals surface area contributed by atoms with E-state index >= 15 is 0 Å². The Kier molecular flexibility index (Phi) is 5.15. The van der Waals surface area contributed by atoms with Gasteiger partial charge in [0.25, 0.3) is 0 Å². The normalized spacial score (nSPS) is 18.2. The number of rotatable bonds is 4. The number of carbonyl (C=O) groups is 2. The van der Waals surface area contributed by atoms with Crippen molar-refractivity contribution >= 4 is 22.1 Å². The summed E-state index contributed by atoms with van der Waals surface area (Å²) in [4.78, 5) is 23.5. The standard InChI is InChI=1S/C18H18N2O6S/c21-17(22)16-12-19(18(23)24)10-11-20(16)27(25,26)15-8-6-14(7-9-15)13-4-2-1-3-5-13/h1-9,16H,10-12H2,(H,21,22)(H,23,24)/t16-/m0/s1. The molecule has 0 radical (unpaired) electrons. The minimum absolute atomic E-state index is 0.0304. The number of piperazine rings is 1. The first kappa shape index (κ1) is 18.9. The van der Waals surface area contributed by atoms with Crippen LogP contribution in [0.1, 0.15) is 0 Å². The molecule has 0 spiro atoms. The van der Waals surface area contributed by atoms with Crippen LogP contribution >= 0.6 is 0 Å². The molecule has 142 valence electrons. The van der Waals surface area contributed by atoms with Gasteiger partial charge < -0.3 is 15.1 Å². The van der Waals surface area contributed by atoms with Crippen molar-refractivity contribution < 1.29 is 28.2 Å². The molecule has 1 amide bonds. The molecule has 2 aromatic carbocycles.